The number of nitrogens with zero attached hydrogens (tertiary/aromatic N) is 4. The fourth-order valence-electron chi connectivity index (χ4n) is 4.66. The Morgan fingerprint density at radius 3 is 2.68 bits per heavy atom. The minimum absolute atomic E-state index is 0.0397. The number of aromatic nitrogens is 4. The van der Waals surface area contributed by atoms with E-state index in [2.05, 4.69) is 20.6 Å². The molecular formula is C27H27F3N6O5. The molecule has 4 aromatic rings. The smallest absolute Gasteiger partial charge is 0.417 e. The van der Waals surface area contributed by atoms with E-state index in [0.29, 0.717) is 41.4 Å². The first-order chi connectivity index (χ1) is 19.5. The minimum Gasteiger partial charge on any atom is -0.457 e. The van der Waals surface area contributed by atoms with Crippen molar-refractivity contribution < 1.29 is 32.2 Å². The number of imidazole rings is 1. The van der Waals surface area contributed by atoms with Crippen molar-refractivity contribution in [1.29, 1.82) is 0 Å². The van der Waals surface area contributed by atoms with Crippen molar-refractivity contribution in [1.82, 2.24) is 19.1 Å². The zero-order valence-electron chi connectivity index (χ0n) is 22.4. The highest BCUT2D eigenvalue weighted by Gasteiger charge is 2.35. The third kappa shape index (κ3) is 6.02. The standard InChI is InChI=1S/C27H27F3N6O5/c1-15(37)32-24-12-18(6-8-31-24)41-17-4-5-19-21(11-17)35(2)26(33-19)34-20-10-16(27(28,29)30)13-36(25(20)38)22-14-40-9-7-23(22)39-3/h4-6,8,10-13,22-23H,7,9,14H2,1-3H3,(H,33,34)(H,31,32,37)/t22-,23+/m0/s1. The van der Waals surface area contributed by atoms with Crippen LogP contribution in [0.2, 0.25) is 0 Å². The van der Waals surface area contributed by atoms with Gasteiger partial charge in [-0.05, 0) is 30.7 Å². The van der Waals surface area contributed by atoms with Crippen LogP contribution in [0.15, 0.2) is 53.6 Å². The lowest BCUT2D eigenvalue weighted by Gasteiger charge is -2.32. The van der Waals surface area contributed by atoms with Crippen LogP contribution in [0, 0.1) is 0 Å². The van der Waals surface area contributed by atoms with E-state index < -0.39 is 29.4 Å². The molecule has 5 rings (SSSR count). The Morgan fingerprint density at radius 1 is 1.17 bits per heavy atom. The number of amides is 1. The number of carbonyl (C=O) groups excluding carboxylic acids is 1. The molecule has 1 fully saturated rings. The van der Waals surface area contributed by atoms with E-state index in [1.165, 1.54) is 20.2 Å². The van der Waals surface area contributed by atoms with Gasteiger partial charge in [0.2, 0.25) is 11.9 Å². The molecule has 11 nitrogen and oxygen atoms in total. The van der Waals surface area contributed by atoms with E-state index >= 15 is 0 Å². The zero-order chi connectivity index (χ0) is 29.3. The number of fused-ring (bicyclic) bond motifs is 1. The van der Waals surface area contributed by atoms with Gasteiger partial charge in [0.1, 0.15) is 23.0 Å². The van der Waals surface area contributed by atoms with E-state index in [9.17, 15) is 22.8 Å². The molecule has 2 N–H and O–H groups in total. The first-order valence-electron chi connectivity index (χ1n) is 12.6. The SMILES string of the molecule is CO[C@@H]1CCOC[C@@H]1n1cc(C(F)(F)F)cc(Nc2nc3ccc(Oc4ccnc(NC(C)=O)c4)cc3n2C)c1=O. The van der Waals surface area contributed by atoms with Gasteiger partial charge in [-0.15, -0.1) is 0 Å². The maximum Gasteiger partial charge on any atom is 0.417 e. The third-order valence-corrected chi connectivity index (χ3v) is 6.66. The normalized spacial score (nSPS) is 17.4. The highest BCUT2D eigenvalue weighted by molar-refractivity contribution is 5.87. The number of methoxy groups -OCH3 is 1. The lowest BCUT2D eigenvalue weighted by Crippen LogP contribution is -2.41. The molecule has 1 saturated heterocycles. The number of alkyl halides is 3. The molecule has 1 aliphatic heterocycles. The minimum atomic E-state index is -4.70. The number of rotatable bonds is 7. The van der Waals surface area contributed by atoms with Crippen LogP contribution in [0.1, 0.15) is 24.9 Å². The van der Waals surface area contributed by atoms with Crippen molar-refractivity contribution in [2.75, 3.05) is 31.0 Å². The van der Waals surface area contributed by atoms with E-state index in [4.69, 9.17) is 14.2 Å². The van der Waals surface area contributed by atoms with Crippen LogP contribution < -0.4 is 20.9 Å². The Bertz CT molecular complexity index is 1650. The lowest BCUT2D eigenvalue weighted by molar-refractivity contribution is -0.138. The molecule has 0 bridgehead atoms. The topological polar surface area (TPSA) is 122 Å². The third-order valence-electron chi connectivity index (χ3n) is 6.66. The molecule has 14 heteroatoms. The summed E-state index contributed by atoms with van der Waals surface area (Å²) in [6.07, 6.45) is -2.46. The average Bonchev–Trinajstić information content (AvgIpc) is 3.23. The van der Waals surface area contributed by atoms with Crippen molar-refractivity contribution >= 4 is 34.4 Å². The van der Waals surface area contributed by atoms with Crippen LogP contribution in [0.5, 0.6) is 11.5 Å². The number of anilines is 3. The van der Waals surface area contributed by atoms with Crippen LogP contribution in [0.3, 0.4) is 0 Å². The van der Waals surface area contributed by atoms with E-state index in [0.717, 1.165) is 16.8 Å². The highest BCUT2D eigenvalue weighted by Crippen LogP contribution is 2.33. The number of ether oxygens (including phenoxy) is 3. The second-order valence-corrected chi connectivity index (χ2v) is 9.49. The van der Waals surface area contributed by atoms with Crippen LogP contribution >= 0.6 is 0 Å². The van der Waals surface area contributed by atoms with Gasteiger partial charge in [0.25, 0.3) is 5.56 Å². The number of benzene rings is 1. The molecule has 1 aliphatic rings. The second-order valence-electron chi connectivity index (χ2n) is 9.49. The summed E-state index contributed by atoms with van der Waals surface area (Å²) < 4.78 is 61.0. The van der Waals surface area contributed by atoms with Gasteiger partial charge >= 0.3 is 6.18 Å². The summed E-state index contributed by atoms with van der Waals surface area (Å²) in [5, 5.41) is 5.38. The summed E-state index contributed by atoms with van der Waals surface area (Å²) in [6, 6.07) is 8.26. The van der Waals surface area contributed by atoms with Gasteiger partial charge in [0.05, 0.1) is 35.3 Å². The molecule has 1 amide bonds. The predicted molar refractivity (Wildman–Crippen MR) is 144 cm³/mol. The Hall–Kier alpha value is -4.43. The summed E-state index contributed by atoms with van der Waals surface area (Å²) in [5.41, 5.74) is -0.848. The van der Waals surface area contributed by atoms with Gasteiger partial charge in [0.15, 0.2) is 0 Å². The molecule has 0 radical (unpaired) electrons. The molecule has 3 aromatic heterocycles. The van der Waals surface area contributed by atoms with Gasteiger partial charge < -0.3 is 34.0 Å². The molecule has 0 spiro atoms. The molecule has 0 saturated carbocycles. The molecule has 4 heterocycles. The lowest BCUT2D eigenvalue weighted by atomic mass is 10.1. The summed E-state index contributed by atoms with van der Waals surface area (Å²) in [4.78, 5) is 33.3. The van der Waals surface area contributed by atoms with Crippen LogP contribution in [-0.2, 0) is 27.5 Å². The van der Waals surface area contributed by atoms with E-state index in [1.807, 2.05) is 0 Å². The van der Waals surface area contributed by atoms with Crippen molar-refractivity contribution in [3.8, 4) is 11.5 Å². The monoisotopic (exact) mass is 572 g/mol. The van der Waals surface area contributed by atoms with Crippen molar-refractivity contribution in [3.63, 3.8) is 0 Å². The molecule has 216 valence electrons. The number of halogens is 3. The number of carbonyl (C=O) groups is 1. The van der Waals surface area contributed by atoms with Gasteiger partial charge in [-0.3, -0.25) is 9.59 Å². The van der Waals surface area contributed by atoms with Gasteiger partial charge in [-0.25, -0.2) is 9.97 Å². The van der Waals surface area contributed by atoms with Crippen LogP contribution in [0.4, 0.5) is 30.6 Å². The van der Waals surface area contributed by atoms with Gasteiger partial charge in [-0.2, -0.15) is 13.2 Å². The number of pyridine rings is 2. The van der Waals surface area contributed by atoms with Crippen molar-refractivity contribution in [3.05, 3.63) is 64.7 Å². The fourth-order valence-corrected chi connectivity index (χ4v) is 4.66. The molecule has 1 aromatic carbocycles. The fraction of sp³-hybridized carbons (Fsp3) is 0.333. The number of hydrogen-bond acceptors (Lipinski definition) is 8. The second kappa shape index (κ2) is 11.2. The summed E-state index contributed by atoms with van der Waals surface area (Å²) in [5.74, 6) is 1.07. The predicted octanol–water partition coefficient (Wildman–Crippen LogP) is 4.62. The molecule has 2 atom stereocenters. The summed E-state index contributed by atoms with van der Waals surface area (Å²) in [6.45, 7) is 1.79. The van der Waals surface area contributed by atoms with Gasteiger partial charge in [0, 0.05) is 52.2 Å². The summed E-state index contributed by atoms with van der Waals surface area (Å²) >= 11 is 0. The van der Waals surface area contributed by atoms with Gasteiger partial charge in [-0.1, -0.05) is 0 Å². The van der Waals surface area contributed by atoms with Crippen molar-refractivity contribution in [2.24, 2.45) is 7.05 Å². The Morgan fingerprint density at radius 2 is 1.95 bits per heavy atom. The maximum atomic E-state index is 13.9. The molecule has 41 heavy (non-hydrogen) atoms. The zero-order valence-corrected chi connectivity index (χ0v) is 22.4. The molecule has 0 unspecified atom stereocenters. The largest absolute Gasteiger partial charge is 0.457 e. The molecular weight excluding hydrogens is 545 g/mol. The Kier molecular flexibility index (Phi) is 7.69. The number of aryl methyl sites for hydroxylation is 1. The first kappa shape index (κ1) is 28.1. The Labute approximate surface area is 231 Å². The number of hydrogen-bond donors (Lipinski definition) is 2. The Balaban J connectivity index is 1.48. The summed E-state index contributed by atoms with van der Waals surface area (Å²) in [7, 11) is 3.11. The highest BCUT2D eigenvalue weighted by atomic mass is 19.4. The van der Waals surface area contributed by atoms with Crippen LogP contribution in [-0.4, -0.2) is 51.4 Å². The van der Waals surface area contributed by atoms with Crippen molar-refractivity contribution in [2.45, 2.75) is 31.7 Å². The average molecular weight is 573 g/mol. The number of nitrogens with one attached hydrogen (secondary N) is 2. The maximum absolute atomic E-state index is 13.9. The first-order valence-corrected chi connectivity index (χ1v) is 12.6. The molecule has 0 aliphatic carbocycles. The quantitative estimate of drug-likeness (QED) is 0.329. The van der Waals surface area contributed by atoms with E-state index in [1.54, 1.807) is 41.9 Å². The van der Waals surface area contributed by atoms with Crippen LogP contribution in [0.25, 0.3) is 11.0 Å². The van der Waals surface area contributed by atoms with E-state index in [-0.39, 0.29) is 24.1 Å².